The molecule has 1 unspecified atom stereocenters. The molecule has 1 saturated carbocycles. The summed E-state index contributed by atoms with van der Waals surface area (Å²) in [6.45, 7) is 1.74. The molecule has 1 aliphatic carbocycles. The van der Waals surface area contributed by atoms with Crippen molar-refractivity contribution in [3.8, 4) is 0 Å². The molecule has 1 rings (SSSR count). The predicted octanol–water partition coefficient (Wildman–Crippen LogP) is 0.772. The molecular weight excluding hydrogens is 220 g/mol. The lowest BCUT2D eigenvalue weighted by molar-refractivity contribution is -0.167. The molecule has 1 fully saturated rings. The molecule has 3 N–H and O–H groups in total. The molecular formula is C12H24N2O3. The summed E-state index contributed by atoms with van der Waals surface area (Å²) >= 11 is 0. The number of ether oxygens (including phenoxy) is 2. The van der Waals surface area contributed by atoms with Gasteiger partial charge in [-0.3, -0.25) is 10.1 Å². The molecule has 0 aromatic rings. The minimum atomic E-state index is -0.981. The third kappa shape index (κ3) is 3.40. The summed E-state index contributed by atoms with van der Waals surface area (Å²) in [6.07, 6.45) is 5.13. The number of amides is 1. The van der Waals surface area contributed by atoms with Gasteiger partial charge in [0.1, 0.15) is 5.54 Å². The summed E-state index contributed by atoms with van der Waals surface area (Å²) in [5.41, 5.74) is 4.50. The lowest BCUT2D eigenvalue weighted by Crippen LogP contribution is -2.64. The number of carbonyl (C=O) groups is 1. The summed E-state index contributed by atoms with van der Waals surface area (Å²) in [4.78, 5) is 11.7. The average molecular weight is 244 g/mol. The minimum absolute atomic E-state index is 0.314. The van der Waals surface area contributed by atoms with Gasteiger partial charge in [0.15, 0.2) is 6.29 Å². The van der Waals surface area contributed by atoms with Crippen molar-refractivity contribution in [3.05, 3.63) is 0 Å². The smallest absolute Gasteiger partial charge is 0.242 e. The molecule has 17 heavy (non-hydrogen) atoms. The van der Waals surface area contributed by atoms with Gasteiger partial charge in [-0.05, 0) is 19.8 Å². The Morgan fingerprint density at radius 1 is 1.29 bits per heavy atom. The molecule has 1 aliphatic rings. The molecule has 0 radical (unpaired) electrons. The topological polar surface area (TPSA) is 73.6 Å². The molecule has 0 spiro atoms. The maximum Gasteiger partial charge on any atom is 0.242 e. The highest BCUT2D eigenvalue weighted by atomic mass is 16.7. The summed E-state index contributed by atoms with van der Waals surface area (Å²) < 4.78 is 10.4. The first kappa shape index (κ1) is 14.4. The molecule has 1 amide bonds. The highest BCUT2D eigenvalue weighted by molar-refractivity contribution is 5.84. The number of nitrogens with one attached hydrogen (secondary N) is 1. The van der Waals surface area contributed by atoms with Crippen LogP contribution in [0.3, 0.4) is 0 Å². The van der Waals surface area contributed by atoms with E-state index in [4.69, 9.17) is 15.2 Å². The van der Waals surface area contributed by atoms with Gasteiger partial charge in [0.25, 0.3) is 0 Å². The van der Waals surface area contributed by atoms with Crippen LogP contribution in [0.4, 0.5) is 0 Å². The normalized spacial score (nSPS) is 21.4. The van der Waals surface area contributed by atoms with E-state index in [0.29, 0.717) is 6.04 Å². The monoisotopic (exact) mass is 244 g/mol. The highest BCUT2D eigenvalue weighted by Crippen LogP contribution is 2.22. The lowest BCUT2D eigenvalue weighted by atomic mass is 9.91. The van der Waals surface area contributed by atoms with Gasteiger partial charge in [-0.25, -0.2) is 0 Å². The van der Waals surface area contributed by atoms with Crippen LogP contribution in [-0.2, 0) is 14.3 Å². The fourth-order valence-corrected chi connectivity index (χ4v) is 2.49. The van der Waals surface area contributed by atoms with Crippen LogP contribution in [-0.4, -0.2) is 38.0 Å². The zero-order chi connectivity index (χ0) is 12.9. The Kier molecular flexibility index (Phi) is 5.36. The number of rotatable bonds is 6. The lowest BCUT2D eigenvalue weighted by Gasteiger charge is -2.38. The Labute approximate surface area is 103 Å². The van der Waals surface area contributed by atoms with Crippen LogP contribution in [0.25, 0.3) is 0 Å². The Hall–Kier alpha value is -0.650. The first-order valence-corrected chi connectivity index (χ1v) is 6.17. The van der Waals surface area contributed by atoms with E-state index in [2.05, 4.69) is 5.32 Å². The van der Waals surface area contributed by atoms with Crippen molar-refractivity contribution in [1.82, 2.24) is 5.32 Å². The van der Waals surface area contributed by atoms with Crippen LogP contribution in [0.15, 0.2) is 0 Å². The average Bonchev–Trinajstić information content (AvgIpc) is 2.31. The van der Waals surface area contributed by atoms with Crippen molar-refractivity contribution in [2.75, 3.05) is 14.2 Å². The van der Waals surface area contributed by atoms with E-state index in [9.17, 15) is 4.79 Å². The van der Waals surface area contributed by atoms with Gasteiger partial charge in [0.2, 0.25) is 5.91 Å². The van der Waals surface area contributed by atoms with Gasteiger partial charge in [-0.2, -0.15) is 0 Å². The van der Waals surface area contributed by atoms with Crippen molar-refractivity contribution in [3.63, 3.8) is 0 Å². The zero-order valence-electron chi connectivity index (χ0n) is 11.0. The van der Waals surface area contributed by atoms with E-state index in [1.807, 2.05) is 0 Å². The van der Waals surface area contributed by atoms with Gasteiger partial charge in [0.05, 0.1) is 0 Å². The van der Waals surface area contributed by atoms with E-state index >= 15 is 0 Å². The quantitative estimate of drug-likeness (QED) is 0.677. The Morgan fingerprint density at radius 3 is 2.24 bits per heavy atom. The van der Waals surface area contributed by atoms with Gasteiger partial charge in [0, 0.05) is 20.3 Å². The molecule has 0 aromatic heterocycles. The van der Waals surface area contributed by atoms with Crippen molar-refractivity contribution in [2.24, 2.45) is 5.73 Å². The van der Waals surface area contributed by atoms with Crippen molar-refractivity contribution < 1.29 is 14.3 Å². The number of primary amides is 1. The molecule has 100 valence electrons. The van der Waals surface area contributed by atoms with Crippen LogP contribution >= 0.6 is 0 Å². The maximum atomic E-state index is 11.7. The summed E-state index contributed by atoms with van der Waals surface area (Å²) in [5, 5.41) is 3.31. The first-order chi connectivity index (χ1) is 8.04. The minimum Gasteiger partial charge on any atom is -0.368 e. The standard InChI is InChI=1S/C12H24N2O3/c1-12(10(13)15,11(16-2)17-3)14-9-7-5-4-6-8-9/h9,11,14H,4-8H2,1-3H3,(H2,13,15). The number of methoxy groups -OCH3 is 2. The van der Waals surface area contributed by atoms with E-state index < -0.39 is 17.7 Å². The van der Waals surface area contributed by atoms with Crippen molar-refractivity contribution >= 4 is 5.91 Å². The summed E-state index contributed by atoms with van der Waals surface area (Å²) in [5.74, 6) is -0.447. The van der Waals surface area contributed by atoms with E-state index in [1.165, 1.54) is 33.5 Å². The molecule has 0 heterocycles. The second-order valence-corrected chi connectivity index (χ2v) is 4.85. The fraction of sp³-hybridized carbons (Fsp3) is 0.917. The Balaban J connectivity index is 2.72. The van der Waals surface area contributed by atoms with Crippen LogP contribution < -0.4 is 11.1 Å². The summed E-state index contributed by atoms with van der Waals surface area (Å²) in [6, 6.07) is 0.314. The second-order valence-electron chi connectivity index (χ2n) is 4.85. The zero-order valence-corrected chi connectivity index (χ0v) is 11.0. The third-order valence-electron chi connectivity index (χ3n) is 3.52. The van der Waals surface area contributed by atoms with Crippen molar-refractivity contribution in [1.29, 1.82) is 0 Å². The van der Waals surface area contributed by atoms with Gasteiger partial charge >= 0.3 is 0 Å². The molecule has 5 nitrogen and oxygen atoms in total. The van der Waals surface area contributed by atoms with E-state index in [1.54, 1.807) is 6.92 Å². The molecule has 0 bridgehead atoms. The van der Waals surface area contributed by atoms with Crippen LogP contribution in [0.1, 0.15) is 39.0 Å². The number of carbonyl (C=O) groups excluding carboxylic acids is 1. The van der Waals surface area contributed by atoms with Crippen molar-refractivity contribution in [2.45, 2.75) is 56.9 Å². The fourth-order valence-electron chi connectivity index (χ4n) is 2.49. The van der Waals surface area contributed by atoms with Crippen LogP contribution in [0.5, 0.6) is 0 Å². The molecule has 0 saturated heterocycles. The maximum absolute atomic E-state index is 11.7. The molecule has 0 aliphatic heterocycles. The number of hydrogen-bond donors (Lipinski definition) is 2. The number of hydrogen-bond acceptors (Lipinski definition) is 4. The summed E-state index contributed by atoms with van der Waals surface area (Å²) in [7, 11) is 3.02. The van der Waals surface area contributed by atoms with Gasteiger partial charge in [-0.15, -0.1) is 0 Å². The van der Waals surface area contributed by atoms with E-state index in [0.717, 1.165) is 12.8 Å². The van der Waals surface area contributed by atoms with Gasteiger partial charge < -0.3 is 15.2 Å². The number of nitrogens with two attached hydrogens (primary N) is 1. The Morgan fingerprint density at radius 2 is 1.82 bits per heavy atom. The first-order valence-electron chi connectivity index (χ1n) is 6.17. The molecule has 0 aromatic carbocycles. The second kappa shape index (κ2) is 6.33. The molecule has 1 atom stereocenters. The van der Waals surface area contributed by atoms with E-state index in [-0.39, 0.29) is 0 Å². The molecule has 5 heteroatoms. The predicted molar refractivity (Wildman–Crippen MR) is 65.4 cm³/mol. The largest absolute Gasteiger partial charge is 0.368 e. The third-order valence-corrected chi connectivity index (χ3v) is 3.52. The SMILES string of the molecule is COC(OC)C(C)(NC1CCCCC1)C(N)=O. The Bertz CT molecular complexity index is 250. The van der Waals surface area contributed by atoms with Crippen LogP contribution in [0, 0.1) is 0 Å². The highest BCUT2D eigenvalue weighted by Gasteiger charge is 2.42. The van der Waals surface area contributed by atoms with Gasteiger partial charge in [-0.1, -0.05) is 19.3 Å². The van der Waals surface area contributed by atoms with Crippen LogP contribution in [0.2, 0.25) is 0 Å².